The molecule has 1 amide bonds. The van der Waals surface area contributed by atoms with Gasteiger partial charge in [-0.2, -0.15) is 10.5 Å². The molecule has 0 bridgehead atoms. The fourth-order valence-corrected chi connectivity index (χ4v) is 2.42. The largest absolute Gasteiger partial charge is 0.340 e. The van der Waals surface area contributed by atoms with Crippen LogP contribution < -0.4 is 0 Å². The molecular weight excluding hydrogens is 254 g/mol. The number of rotatable bonds is 6. The summed E-state index contributed by atoms with van der Waals surface area (Å²) in [5.41, 5.74) is 0. The normalized spacial score (nSPS) is 20.1. The molecule has 20 heavy (non-hydrogen) atoms. The number of amides is 1. The van der Waals surface area contributed by atoms with Crippen LogP contribution in [0.3, 0.4) is 0 Å². The van der Waals surface area contributed by atoms with Crippen molar-refractivity contribution in [2.45, 2.75) is 25.8 Å². The van der Waals surface area contributed by atoms with Gasteiger partial charge in [0.15, 0.2) is 0 Å². The maximum absolute atomic E-state index is 12.3. The van der Waals surface area contributed by atoms with Crippen molar-refractivity contribution in [1.82, 2.24) is 14.7 Å². The lowest BCUT2D eigenvalue weighted by Gasteiger charge is -2.38. The zero-order chi connectivity index (χ0) is 15.0. The highest BCUT2D eigenvalue weighted by atomic mass is 16.2. The van der Waals surface area contributed by atoms with E-state index in [0.717, 1.165) is 19.6 Å². The molecule has 1 atom stereocenters. The number of carbonyl (C=O) groups is 1. The Labute approximate surface area is 121 Å². The highest BCUT2D eigenvalue weighted by molar-refractivity contribution is 5.78. The molecule has 1 saturated heterocycles. The van der Waals surface area contributed by atoms with Crippen LogP contribution in [0.4, 0.5) is 0 Å². The molecule has 1 aliphatic rings. The van der Waals surface area contributed by atoms with Gasteiger partial charge in [0.25, 0.3) is 0 Å². The summed E-state index contributed by atoms with van der Waals surface area (Å²) < 4.78 is 0. The topological polar surface area (TPSA) is 74.4 Å². The Bertz CT molecular complexity index is 379. The first kappa shape index (κ1) is 16.4. The smallest absolute Gasteiger partial charge is 0.236 e. The van der Waals surface area contributed by atoms with Gasteiger partial charge in [0.1, 0.15) is 0 Å². The molecule has 1 fully saturated rings. The molecule has 1 rings (SSSR count). The molecule has 0 aromatic carbocycles. The van der Waals surface area contributed by atoms with Crippen LogP contribution in [0.15, 0.2) is 0 Å². The van der Waals surface area contributed by atoms with E-state index >= 15 is 0 Å². The Kier molecular flexibility index (Phi) is 7.00. The number of nitrogens with zero attached hydrogens (tertiary/aromatic N) is 5. The quantitative estimate of drug-likeness (QED) is 0.697. The van der Waals surface area contributed by atoms with Gasteiger partial charge in [-0.25, -0.2) is 0 Å². The van der Waals surface area contributed by atoms with Gasteiger partial charge in [-0.05, 0) is 14.0 Å². The summed E-state index contributed by atoms with van der Waals surface area (Å²) in [6, 6.07) is 4.45. The van der Waals surface area contributed by atoms with Crippen LogP contribution in [-0.2, 0) is 4.79 Å². The third-order valence-corrected chi connectivity index (χ3v) is 3.65. The summed E-state index contributed by atoms with van der Waals surface area (Å²) in [4.78, 5) is 18.4. The zero-order valence-electron chi connectivity index (χ0n) is 12.4. The summed E-state index contributed by atoms with van der Waals surface area (Å²) in [5, 5.41) is 17.3. The van der Waals surface area contributed by atoms with Crippen LogP contribution >= 0.6 is 0 Å². The van der Waals surface area contributed by atoms with E-state index in [1.54, 1.807) is 4.90 Å². The fourth-order valence-electron chi connectivity index (χ4n) is 2.42. The number of hydrogen-bond acceptors (Lipinski definition) is 5. The number of piperazine rings is 1. The van der Waals surface area contributed by atoms with Crippen LogP contribution in [-0.4, -0.2) is 73.0 Å². The number of nitriles is 2. The molecule has 0 saturated carbocycles. The monoisotopic (exact) mass is 277 g/mol. The van der Waals surface area contributed by atoms with E-state index in [9.17, 15) is 4.79 Å². The first-order valence-electron chi connectivity index (χ1n) is 7.02. The van der Waals surface area contributed by atoms with Gasteiger partial charge < -0.3 is 9.80 Å². The van der Waals surface area contributed by atoms with Gasteiger partial charge in [-0.1, -0.05) is 0 Å². The fraction of sp³-hybridized carbons (Fsp3) is 0.786. The number of likely N-dealkylation sites (N-methyl/N-ethyl adjacent to an activating group) is 1. The van der Waals surface area contributed by atoms with Crippen LogP contribution in [0.2, 0.25) is 0 Å². The average Bonchev–Trinajstić information content (AvgIpc) is 2.42. The molecule has 0 aromatic rings. The summed E-state index contributed by atoms with van der Waals surface area (Å²) >= 11 is 0. The Morgan fingerprint density at radius 2 is 1.85 bits per heavy atom. The van der Waals surface area contributed by atoms with Gasteiger partial charge >= 0.3 is 0 Å². The molecule has 0 aliphatic carbocycles. The summed E-state index contributed by atoms with van der Waals surface area (Å²) in [7, 11) is 2.09. The predicted octanol–water partition coefficient (Wildman–Crippen LogP) is 0.278. The van der Waals surface area contributed by atoms with Crippen molar-refractivity contribution in [3.8, 4) is 12.1 Å². The van der Waals surface area contributed by atoms with Gasteiger partial charge in [0.05, 0.1) is 31.5 Å². The Morgan fingerprint density at radius 3 is 2.35 bits per heavy atom. The lowest BCUT2D eigenvalue weighted by atomic mass is 10.2. The van der Waals surface area contributed by atoms with E-state index in [-0.39, 0.29) is 5.91 Å². The van der Waals surface area contributed by atoms with E-state index in [1.165, 1.54) is 0 Å². The highest BCUT2D eigenvalue weighted by Gasteiger charge is 2.25. The SMILES string of the molecule is C[C@H]1CN(C)CCN1CC(=O)N(CCC#N)CCC#N. The van der Waals surface area contributed by atoms with Crippen molar-refractivity contribution in [2.24, 2.45) is 0 Å². The van der Waals surface area contributed by atoms with Gasteiger partial charge in [0, 0.05) is 38.8 Å². The molecule has 0 radical (unpaired) electrons. The molecule has 1 heterocycles. The standard InChI is InChI=1S/C14H23N5O/c1-13-11-17(2)9-10-19(13)12-14(20)18(7-3-5-15)8-4-6-16/h13H,3-4,7-12H2,1-2H3/t13-/m0/s1. The molecular formula is C14H23N5O. The first-order valence-corrected chi connectivity index (χ1v) is 7.02. The molecule has 6 heteroatoms. The minimum atomic E-state index is 0.0203. The minimum Gasteiger partial charge on any atom is -0.340 e. The summed E-state index contributed by atoms with van der Waals surface area (Å²) in [6.45, 7) is 6.15. The third kappa shape index (κ3) is 5.16. The van der Waals surface area contributed by atoms with Gasteiger partial charge in [0.2, 0.25) is 5.91 Å². The van der Waals surface area contributed by atoms with Gasteiger partial charge in [-0.15, -0.1) is 0 Å². The van der Waals surface area contributed by atoms with Crippen LogP contribution in [0.25, 0.3) is 0 Å². The van der Waals surface area contributed by atoms with Crippen LogP contribution in [0.1, 0.15) is 19.8 Å². The second-order valence-electron chi connectivity index (χ2n) is 5.28. The van der Waals surface area contributed by atoms with Crippen molar-refractivity contribution in [3.05, 3.63) is 0 Å². The van der Waals surface area contributed by atoms with Crippen molar-refractivity contribution in [3.63, 3.8) is 0 Å². The summed E-state index contributed by atoms with van der Waals surface area (Å²) in [5.74, 6) is 0.0203. The molecule has 110 valence electrons. The second kappa shape index (κ2) is 8.52. The van der Waals surface area contributed by atoms with E-state index in [4.69, 9.17) is 10.5 Å². The molecule has 0 aromatic heterocycles. The van der Waals surface area contributed by atoms with Crippen LogP contribution in [0, 0.1) is 22.7 Å². The van der Waals surface area contributed by atoms with Gasteiger partial charge in [-0.3, -0.25) is 9.69 Å². The predicted molar refractivity (Wildman–Crippen MR) is 75.6 cm³/mol. The molecule has 1 aliphatic heterocycles. The lowest BCUT2D eigenvalue weighted by molar-refractivity contribution is -0.133. The second-order valence-corrected chi connectivity index (χ2v) is 5.28. The van der Waals surface area contributed by atoms with E-state index in [0.29, 0.717) is 38.5 Å². The highest BCUT2D eigenvalue weighted by Crippen LogP contribution is 2.08. The zero-order valence-corrected chi connectivity index (χ0v) is 12.4. The third-order valence-electron chi connectivity index (χ3n) is 3.65. The average molecular weight is 277 g/mol. The number of carbonyl (C=O) groups excluding carboxylic acids is 1. The van der Waals surface area contributed by atoms with Crippen molar-refractivity contribution in [1.29, 1.82) is 10.5 Å². The molecule has 0 spiro atoms. The minimum absolute atomic E-state index is 0.0203. The Balaban J connectivity index is 2.52. The molecule has 0 N–H and O–H groups in total. The van der Waals surface area contributed by atoms with Crippen molar-refractivity contribution in [2.75, 3.05) is 46.3 Å². The molecule has 6 nitrogen and oxygen atoms in total. The van der Waals surface area contributed by atoms with Crippen molar-refractivity contribution < 1.29 is 4.79 Å². The van der Waals surface area contributed by atoms with Crippen LogP contribution in [0.5, 0.6) is 0 Å². The Morgan fingerprint density at radius 1 is 1.25 bits per heavy atom. The van der Waals surface area contributed by atoms with E-state index in [2.05, 4.69) is 35.9 Å². The first-order chi connectivity index (χ1) is 9.58. The maximum Gasteiger partial charge on any atom is 0.236 e. The Hall–Kier alpha value is -1.63. The van der Waals surface area contributed by atoms with E-state index < -0.39 is 0 Å². The van der Waals surface area contributed by atoms with E-state index in [1.807, 2.05) is 0 Å². The maximum atomic E-state index is 12.3. The molecule has 0 unspecified atom stereocenters. The van der Waals surface area contributed by atoms with Crippen molar-refractivity contribution >= 4 is 5.91 Å². The number of hydrogen-bond donors (Lipinski definition) is 0. The summed E-state index contributed by atoms with van der Waals surface area (Å²) in [6.07, 6.45) is 0.630. The lowest BCUT2D eigenvalue weighted by Crippen LogP contribution is -2.53.